The lowest BCUT2D eigenvalue weighted by Crippen LogP contribution is -2.20. The first kappa shape index (κ1) is 14.7. The highest BCUT2D eigenvalue weighted by molar-refractivity contribution is 5.65. The van der Waals surface area contributed by atoms with E-state index in [9.17, 15) is 0 Å². The SMILES string of the molecule is CC.CCN(C)c1ncnc(C(C)C)c1N. The number of rotatable bonds is 3. The summed E-state index contributed by atoms with van der Waals surface area (Å²) >= 11 is 0. The fourth-order valence-electron chi connectivity index (χ4n) is 1.31. The maximum Gasteiger partial charge on any atom is 0.155 e. The van der Waals surface area contributed by atoms with Crippen LogP contribution >= 0.6 is 0 Å². The predicted octanol–water partition coefficient (Wildman–Crippen LogP) is 2.66. The van der Waals surface area contributed by atoms with Crippen molar-refractivity contribution >= 4 is 11.5 Å². The highest BCUT2D eigenvalue weighted by Crippen LogP contribution is 2.26. The van der Waals surface area contributed by atoms with Crippen molar-refractivity contribution in [1.82, 2.24) is 9.97 Å². The molecule has 4 nitrogen and oxygen atoms in total. The van der Waals surface area contributed by atoms with Gasteiger partial charge in [-0.3, -0.25) is 0 Å². The third kappa shape index (κ3) is 3.36. The van der Waals surface area contributed by atoms with Crippen LogP contribution in [0.2, 0.25) is 0 Å². The number of aromatic nitrogens is 2. The molecule has 1 aromatic rings. The number of hydrogen-bond acceptors (Lipinski definition) is 4. The number of nitrogens with two attached hydrogens (primary N) is 1. The summed E-state index contributed by atoms with van der Waals surface area (Å²) in [6.07, 6.45) is 1.58. The molecular formula is C12H24N4. The van der Waals surface area contributed by atoms with E-state index in [0.29, 0.717) is 11.6 Å². The van der Waals surface area contributed by atoms with Crippen LogP contribution in [0.3, 0.4) is 0 Å². The molecule has 0 spiro atoms. The molecule has 0 aliphatic heterocycles. The number of hydrogen-bond donors (Lipinski definition) is 1. The fourth-order valence-corrected chi connectivity index (χ4v) is 1.31. The summed E-state index contributed by atoms with van der Waals surface area (Å²) in [7, 11) is 1.98. The maximum atomic E-state index is 5.99. The normalized spacial score (nSPS) is 9.69. The van der Waals surface area contributed by atoms with Crippen LogP contribution in [0.15, 0.2) is 6.33 Å². The van der Waals surface area contributed by atoms with Crippen LogP contribution in [-0.2, 0) is 0 Å². The van der Waals surface area contributed by atoms with Crippen molar-refractivity contribution < 1.29 is 0 Å². The molecule has 0 saturated carbocycles. The van der Waals surface area contributed by atoms with E-state index in [2.05, 4.69) is 30.7 Å². The molecule has 16 heavy (non-hydrogen) atoms. The third-order valence-electron chi connectivity index (χ3n) is 2.28. The lowest BCUT2D eigenvalue weighted by atomic mass is 10.1. The van der Waals surface area contributed by atoms with E-state index in [-0.39, 0.29) is 0 Å². The molecule has 92 valence electrons. The van der Waals surface area contributed by atoms with E-state index >= 15 is 0 Å². The van der Waals surface area contributed by atoms with E-state index in [1.807, 2.05) is 25.8 Å². The molecule has 0 amide bonds. The van der Waals surface area contributed by atoms with E-state index in [4.69, 9.17) is 5.73 Å². The van der Waals surface area contributed by atoms with Gasteiger partial charge >= 0.3 is 0 Å². The van der Waals surface area contributed by atoms with Crippen molar-refractivity contribution in [2.24, 2.45) is 0 Å². The van der Waals surface area contributed by atoms with Gasteiger partial charge in [-0.25, -0.2) is 9.97 Å². The van der Waals surface area contributed by atoms with Crippen LogP contribution in [0.25, 0.3) is 0 Å². The molecule has 0 saturated heterocycles. The van der Waals surface area contributed by atoms with Crippen molar-refractivity contribution in [2.75, 3.05) is 24.2 Å². The molecule has 1 aromatic heterocycles. The monoisotopic (exact) mass is 224 g/mol. The van der Waals surface area contributed by atoms with Crippen LogP contribution in [0.5, 0.6) is 0 Å². The second-order valence-electron chi connectivity index (χ2n) is 3.67. The summed E-state index contributed by atoms with van der Waals surface area (Å²) in [6.45, 7) is 11.1. The number of anilines is 2. The molecule has 0 aromatic carbocycles. The molecule has 0 fully saturated rings. The second-order valence-corrected chi connectivity index (χ2v) is 3.67. The number of nitrogens with zero attached hydrogens (tertiary/aromatic N) is 3. The van der Waals surface area contributed by atoms with Gasteiger partial charge < -0.3 is 10.6 Å². The highest BCUT2D eigenvalue weighted by Gasteiger charge is 2.12. The summed E-state index contributed by atoms with van der Waals surface area (Å²) in [6, 6.07) is 0. The van der Waals surface area contributed by atoms with Crippen molar-refractivity contribution in [3.05, 3.63) is 12.0 Å². The fraction of sp³-hybridized carbons (Fsp3) is 0.667. The third-order valence-corrected chi connectivity index (χ3v) is 2.28. The Kier molecular flexibility index (Phi) is 6.46. The van der Waals surface area contributed by atoms with Crippen LogP contribution < -0.4 is 10.6 Å². The first-order valence-corrected chi connectivity index (χ1v) is 5.89. The van der Waals surface area contributed by atoms with E-state index in [0.717, 1.165) is 18.1 Å². The zero-order chi connectivity index (χ0) is 12.7. The van der Waals surface area contributed by atoms with Gasteiger partial charge in [-0.05, 0) is 12.8 Å². The first-order chi connectivity index (χ1) is 7.57. The van der Waals surface area contributed by atoms with Crippen LogP contribution in [-0.4, -0.2) is 23.6 Å². The average molecular weight is 224 g/mol. The lowest BCUT2D eigenvalue weighted by molar-refractivity contribution is 0.811. The van der Waals surface area contributed by atoms with Gasteiger partial charge in [-0.1, -0.05) is 27.7 Å². The molecule has 0 bridgehead atoms. The summed E-state index contributed by atoms with van der Waals surface area (Å²) in [5, 5.41) is 0. The first-order valence-electron chi connectivity index (χ1n) is 5.89. The predicted molar refractivity (Wildman–Crippen MR) is 70.8 cm³/mol. The second kappa shape index (κ2) is 7.04. The van der Waals surface area contributed by atoms with Crippen LogP contribution in [0.4, 0.5) is 11.5 Å². The summed E-state index contributed by atoms with van der Waals surface area (Å²) in [5.41, 5.74) is 7.62. The molecule has 0 aliphatic carbocycles. The van der Waals surface area contributed by atoms with Gasteiger partial charge in [0.15, 0.2) is 5.82 Å². The van der Waals surface area contributed by atoms with Crippen molar-refractivity contribution in [2.45, 2.75) is 40.5 Å². The minimum atomic E-state index is 0.335. The van der Waals surface area contributed by atoms with E-state index in [1.54, 1.807) is 6.33 Å². The number of nitrogen functional groups attached to an aromatic ring is 1. The molecule has 1 heterocycles. The Bertz CT molecular complexity index is 310. The maximum absolute atomic E-state index is 5.99. The minimum Gasteiger partial charge on any atom is -0.394 e. The van der Waals surface area contributed by atoms with Gasteiger partial charge in [-0.15, -0.1) is 0 Å². The molecule has 2 N–H and O–H groups in total. The minimum absolute atomic E-state index is 0.335. The Labute approximate surface area is 98.9 Å². The van der Waals surface area contributed by atoms with Crippen LogP contribution in [0, 0.1) is 0 Å². The smallest absolute Gasteiger partial charge is 0.155 e. The molecule has 1 rings (SSSR count). The lowest BCUT2D eigenvalue weighted by Gasteiger charge is -2.19. The zero-order valence-corrected chi connectivity index (χ0v) is 11.3. The Hall–Kier alpha value is -1.32. The molecular weight excluding hydrogens is 200 g/mol. The molecule has 0 aliphatic rings. The molecule has 0 atom stereocenters. The van der Waals surface area contributed by atoms with Crippen molar-refractivity contribution in [3.8, 4) is 0 Å². The van der Waals surface area contributed by atoms with Crippen molar-refractivity contribution in [3.63, 3.8) is 0 Å². The van der Waals surface area contributed by atoms with Gasteiger partial charge in [0, 0.05) is 13.6 Å². The van der Waals surface area contributed by atoms with Gasteiger partial charge in [0.05, 0.1) is 11.4 Å². The van der Waals surface area contributed by atoms with Gasteiger partial charge in [-0.2, -0.15) is 0 Å². The van der Waals surface area contributed by atoms with E-state index < -0.39 is 0 Å². The molecule has 0 unspecified atom stereocenters. The van der Waals surface area contributed by atoms with Gasteiger partial charge in [0.25, 0.3) is 0 Å². The quantitative estimate of drug-likeness (QED) is 0.857. The Morgan fingerprint density at radius 1 is 1.31 bits per heavy atom. The Morgan fingerprint density at radius 2 is 1.88 bits per heavy atom. The topological polar surface area (TPSA) is 55.0 Å². The van der Waals surface area contributed by atoms with E-state index in [1.165, 1.54) is 0 Å². The summed E-state index contributed by atoms with van der Waals surface area (Å²) in [5.74, 6) is 1.16. The van der Waals surface area contributed by atoms with Gasteiger partial charge in [0.2, 0.25) is 0 Å². The summed E-state index contributed by atoms with van der Waals surface area (Å²) in [4.78, 5) is 10.4. The largest absolute Gasteiger partial charge is 0.394 e. The molecule has 4 heteroatoms. The molecule has 0 radical (unpaired) electrons. The van der Waals surface area contributed by atoms with Gasteiger partial charge in [0.1, 0.15) is 6.33 Å². The standard InChI is InChI=1S/C10H18N4.C2H6/c1-5-14(4)10-8(11)9(7(2)3)12-6-13-10;1-2/h6-7H,5,11H2,1-4H3;1-2H3. The summed E-state index contributed by atoms with van der Waals surface area (Å²) < 4.78 is 0. The average Bonchev–Trinajstić information content (AvgIpc) is 2.30. The van der Waals surface area contributed by atoms with Crippen molar-refractivity contribution in [1.29, 1.82) is 0 Å². The zero-order valence-electron chi connectivity index (χ0n) is 11.3. The highest BCUT2D eigenvalue weighted by atomic mass is 15.2. The Morgan fingerprint density at radius 3 is 2.31 bits per heavy atom. The Balaban J connectivity index is 0.00000106. The van der Waals surface area contributed by atoms with Crippen LogP contribution in [0.1, 0.15) is 46.2 Å².